The second-order valence-corrected chi connectivity index (χ2v) is 5.04. The number of hydrogen-bond donors (Lipinski definition) is 2. The highest BCUT2D eigenvalue weighted by molar-refractivity contribution is 5.33. The van der Waals surface area contributed by atoms with E-state index in [0.29, 0.717) is 5.82 Å². The lowest BCUT2D eigenvalue weighted by molar-refractivity contribution is 0.271. The molecule has 94 valence electrons. The monoisotopic (exact) mass is 234 g/mol. The minimum Gasteiger partial charge on any atom is -0.308 e. The molecule has 2 rings (SSSR count). The molecular formula is C13H22N4. The molecule has 1 heterocycles. The molecule has 3 N–H and O–H groups in total. The summed E-state index contributed by atoms with van der Waals surface area (Å²) < 4.78 is 0. The molecule has 1 fully saturated rings. The Morgan fingerprint density at radius 2 is 2.18 bits per heavy atom. The lowest BCUT2D eigenvalue weighted by Crippen LogP contribution is -2.24. The van der Waals surface area contributed by atoms with E-state index in [1.807, 2.05) is 12.3 Å². The van der Waals surface area contributed by atoms with Gasteiger partial charge in [-0.05, 0) is 37.4 Å². The maximum Gasteiger partial charge on any atom is 0.139 e. The molecule has 0 radical (unpaired) electrons. The molecule has 1 aromatic rings. The van der Waals surface area contributed by atoms with Crippen LogP contribution in [-0.2, 0) is 6.54 Å². The number of anilines is 1. The molecule has 0 spiro atoms. The van der Waals surface area contributed by atoms with E-state index < -0.39 is 0 Å². The summed E-state index contributed by atoms with van der Waals surface area (Å²) in [6.07, 6.45) is 7.52. The van der Waals surface area contributed by atoms with Gasteiger partial charge in [0.1, 0.15) is 5.82 Å². The lowest BCUT2D eigenvalue weighted by Gasteiger charge is -2.20. The van der Waals surface area contributed by atoms with Crippen molar-refractivity contribution in [2.24, 2.45) is 11.8 Å². The second-order valence-electron chi connectivity index (χ2n) is 5.04. The van der Waals surface area contributed by atoms with Crippen LogP contribution in [0.1, 0.15) is 31.2 Å². The van der Waals surface area contributed by atoms with Crippen molar-refractivity contribution in [3.8, 4) is 0 Å². The average Bonchev–Trinajstić information content (AvgIpc) is 2.82. The molecule has 1 saturated carbocycles. The van der Waals surface area contributed by atoms with Crippen molar-refractivity contribution >= 4 is 5.82 Å². The molecule has 0 aromatic carbocycles. The van der Waals surface area contributed by atoms with Gasteiger partial charge in [-0.25, -0.2) is 10.8 Å². The summed E-state index contributed by atoms with van der Waals surface area (Å²) in [5, 5.41) is 0. The highest BCUT2D eigenvalue weighted by Crippen LogP contribution is 2.25. The Balaban J connectivity index is 1.81. The fraction of sp³-hybridized carbons (Fsp3) is 0.615. The molecule has 17 heavy (non-hydrogen) atoms. The maximum absolute atomic E-state index is 5.29. The Kier molecular flexibility index (Phi) is 4.34. The van der Waals surface area contributed by atoms with Crippen molar-refractivity contribution in [1.82, 2.24) is 9.88 Å². The van der Waals surface area contributed by atoms with Crippen LogP contribution < -0.4 is 11.3 Å². The van der Waals surface area contributed by atoms with E-state index in [0.717, 1.165) is 12.5 Å². The zero-order valence-corrected chi connectivity index (χ0v) is 10.5. The molecule has 1 aromatic heterocycles. The third-order valence-electron chi connectivity index (χ3n) is 3.47. The third-order valence-corrected chi connectivity index (χ3v) is 3.47. The number of nitrogens with zero attached hydrogens (tertiary/aromatic N) is 2. The number of rotatable bonds is 5. The van der Waals surface area contributed by atoms with Gasteiger partial charge in [0, 0.05) is 19.3 Å². The van der Waals surface area contributed by atoms with Gasteiger partial charge in [0.05, 0.1) is 0 Å². The van der Waals surface area contributed by atoms with E-state index >= 15 is 0 Å². The molecule has 1 aliphatic rings. The zero-order valence-electron chi connectivity index (χ0n) is 10.5. The summed E-state index contributed by atoms with van der Waals surface area (Å²) >= 11 is 0. The predicted octanol–water partition coefficient (Wildman–Crippen LogP) is 1.99. The van der Waals surface area contributed by atoms with Crippen LogP contribution in [0.15, 0.2) is 18.3 Å². The van der Waals surface area contributed by atoms with Gasteiger partial charge in [-0.15, -0.1) is 0 Å². The first-order valence-corrected chi connectivity index (χ1v) is 6.38. The van der Waals surface area contributed by atoms with Crippen molar-refractivity contribution in [2.75, 3.05) is 19.0 Å². The van der Waals surface area contributed by atoms with E-state index in [9.17, 15) is 0 Å². The summed E-state index contributed by atoms with van der Waals surface area (Å²) in [7, 11) is 2.19. The van der Waals surface area contributed by atoms with Gasteiger partial charge in [0.25, 0.3) is 0 Å². The number of hydrogen-bond acceptors (Lipinski definition) is 4. The number of aromatic nitrogens is 1. The van der Waals surface area contributed by atoms with Crippen molar-refractivity contribution in [2.45, 2.75) is 32.2 Å². The Hall–Kier alpha value is -1.13. The minimum atomic E-state index is 0.715. The molecule has 4 heteroatoms. The Bertz CT molecular complexity index is 330. The quantitative estimate of drug-likeness (QED) is 0.604. The first-order chi connectivity index (χ1) is 8.28. The SMILES string of the molecule is CN(Cc1ccc(NN)nc1)CC1CCCC1. The van der Waals surface area contributed by atoms with Crippen LogP contribution in [0.25, 0.3) is 0 Å². The van der Waals surface area contributed by atoms with Gasteiger partial charge >= 0.3 is 0 Å². The summed E-state index contributed by atoms with van der Waals surface area (Å²) in [4.78, 5) is 6.61. The molecule has 0 amide bonds. The summed E-state index contributed by atoms with van der Waals surface area (Å²) in [6.45, 7) is 2.17. The first-order valence-electron chi connectivity index (χ1n) is 6.38. The Morgan fingerprint density at radius 1 is 1.41 bits per heavy atom. The number of pyridine rings is 1. The van der Waals surface area contributed by atoms with Gasteiger partial charge in [-0.2, -0.15) is 0 Å². The minimum absolute atomic E-state index is 0.715. The molecule has 0 saturated heterocycles. The van der Waals surface area contributed by atoms with Crippen molar-refractivity contribution < 1.29 is 0 Å². The van der Waals surface area contributed by atoms with Gasteiger partial charge in [0.2, 0.25) is 0 Å². The molecule has 0 atom stereocenters. The maximum atomic E-state index is 5.29. The first kappa shape index (κ1) is 12.3. The van der Waals surface area contributed by atoms with E-state index in [1.54, 1.807) is 0 Å². The third kappa shape index (κ3) is 3.68. The number of nitrogens with one attached hydrogen (secondary N) is 1. The van der Waals surface area contributed by atoms with Gasteiger partial charge in [-0.1, -0.05) is 18.9 Å². The van der Waals surface area contributed by atoms with Crippen LogP contribution in [-0.4, -0.2) is 23.5 Å². The smallest absolute Gasteiger partial charge is 0.139 e. The van der Waals surface area contributed by atoms with Gasteiger partial charge < -0.3 is 10.3 Å². The largest absolute Gasteiger partial charge is 0.308 e. The second kappa shape index (κ2) is 5.98. The average molecular weight is 234 g/mol. The van der Waals surface area contributed by atoms with E-state index in [2.05, 4.69) is 28.4 Å². The van der Waals surface area contributed by atoms with Crippen molar-refractivity contribution in [3.63, 3.8) is 0 Å². The van der Waals surface area contributed by atoms with Crippen LogP contribution in [0.2, 0.25) is 0 Å². The van der Waals surface area contributed by atoms with E-state index in [1.165, 1.54) is 37.8 Å². The normalized spacial score (nSPS) is 16.6. The number of hydrazine groups is 1. The van der Waals surface area contributed by atoms with Gasteiger partial charge in [0.15, 0.2) is 0 Å². The molecule has 0 bridgehead atoms. The van der Waals surface area contributed by atoms with Crippen molar-refractivity contribution in [1.29, 1.82) is 0 Å². The fourth-order valence-corrected chi connectivity index (χ4v) is 2.61. The molecule has 0 unspecified atom stereocenters. The van der Waals surface area contributed by atoms with Crippen molar-refractivity contribution in [3.05, 3.63) is 23.9 Å². The lowest BCUT2D eigenvalue weighted by atomic mass is 10.1. The summed E-state index contributed by atoms with van der Waals surface area (Å²) in [6, 6.07) is 3.99. The molecule has 0 aliphatic heterocycles. The molecule has 4 nitrogen and oxygen atoms in total. The van der Waals surface area contributed by atoms with Crippen LogP contribution in [0.4, 0.5) is 5.82 Å². The van der Waals surface area contributed by atoms with Crippen LogP contribution in [0, 0.1) is 5.92 Å². The molecular weight excluding hydrogens is 212 g/mol. The highest BCUT2D eigenvalue weighted by Gasteiger charge is 2.16. The topological polar surface area (TPSA) is 54.2 Å². The Labute approximate surface area is 103 Å². The Morgan fingerprint density at radius 3 is 2.76 bits per heavy atom. The fourth-order valence-electron chi connectivity index (χ4n) is 2.61. The van der Waals surface area contributed by atoms with Crippen LogP contribution >= 0.6 is 0 Å². The summed E-state index contributed by atoms with van der Waals surface area (Å²) in [5.74, 6) is 6.90. The standard InChI is InChI=1S/C13H22N4/c1-17(9-11-4-2-3-5-11)10-12-6-7-13(16-14)15-8-12/h6-8,11H,2-5,9-10,14H2,1H3,(H,15,16). The molecule has 1 aliphatic carbocycles. The van der Waals surface area contributed by atoms with E-state index in [4.69, 9.17) is 5.84 Å². The van der Waals surface area contributed by atoms with Gasteiger partial charge in [-0.3, -0.25) is 0 Å². The predicted molar refractivity (Wildman–Crippen MR) is 70.3 cm³/mol. The zero-order chi connectivity index (χ0) is 12.1. The van der Waals surface area contributed by atoms with Crippen LogP contribution in [0.3, 0.4) is 0 Å². The highest BCUT2D eigenvalue weighted by atomic mass is 15.2. The van der Waals surface area contributed by atoms with Crippen LogP contribution in [0.5, 0.6) is 0 Å². The number of nitrogens with two attached hydrogens (primary N) is 1. The number of nitrogen functional groups attached to an aromatic ring is 1. The summed E-state index contributed by atoms with van der Waals surface area (Å²) in [5.41, 5.74) is 3.78. The van der Waals surface area contributed by atoms with E-state index in [-0.39, 0.29) is 0 Å².